The molecule has 0 bridgehead atoms. The average molecular weight is 230 g/mol. The fourth-order valence-corrected chi connectivity index (χ4v) is 2.70. The maximum Gasteiger partial charge on any atom is 0.00784 e. The fraction of sp³-hybridized carbons (Fsp3) is 0.333. The second kappa shape index (κ2) is 5.40. The molecule has 84 valence electrons. The summed E-state index contributed by atoms with van der Waals surface area (Å²) >= 11 is 1.97. The predicted octanol–water partition coefficient (Wildman–Crippen LogP) is 4.98. The predicted molar refractivity (Wildman–Crippen MR) is 74.1 cm³/mol. The molecule has 0 spiro atoms. The molecule has 0 aliphatic carbocycles. The molecule has 2 rings (SSSR count). The molecule has 0 aliphatic rings. The van der Waals surface area contributed by atoms with Gasteiger partial charge in [0.2, 0.25) is 0 Å². The van der Waals surface area contributed by atoms with Crippen LogP contribution in [0.25, 0.3) is 10.8 Å². The molecule has 2 aromatic rings. The van der Waals surface area contributed by atoms with Crippen LogP contribution in [-0.4, -0.2) is 5.75 Å². The van der Waals surface area contributed by atoms with Gasteiger partial charge in [-0.15, -0.1) is 11.8 Å². The van der Waals surface area contributed by atoms with Crippen molar-refractivity contribution in [2.45, 2.75) is 25.2 Å². The van der Waals surface area contributed by atoms with Gasteiger partial charge < -0.3 is 0 Å². The molecule has 1 unspecified atom stereocenters. The zero-order chi connectivity index (χ0) is 11.4. The second-order valence-corrected chi connectivity index (χ2v) is 5.43. The topological polar surface area (TPSA) is 0 Å². The quantitative estimate of drug-likeness (QED) is 0.668. The lowest BCUT2D eigenvalue weighted by molar-refractivity contribution is 0.637. The highest BCUT2D eigenvalue weighted by Gasteiger charge is 2.01. The molecule has 0 aliphatic heterocycles. The van der Waals surface area contributed by atoms with Crippen molar-refractivity contribution in [1.82, 2.24) is 0 Å². The third kappa shape index (κ3) is 2.79. The van der Waals surface area contributed by atoms with Crippen LogP contribution in [0.5, 0.6) is 0 Å². The Kier molecular flexibility index (Phi) is 3.89. The summed E-state index contributed by atoms with van der Waals surface area (Å²) in [5.74, 6) is 2.02. The van der Waals surface area contributed by atoms with Crippen LogP contribution in [0.2, 0.25) is 0 Å². The van der Waals surface area contributed by atoms with Gasteiger partial charge in [-0.3, -0.25) is 0 Å². The lowest BCUT2D eigenvalue weighted by atomic mass is 10.1. The van der Waals surface area contributed by atoms with Crippen LogP contribution in [-0.2, 0) is 0 Å². The van der Waals surface area contributed by atoms with E-state index in [-0.39, 0.29) is 0 Å². The Morgan fingerprint density at radius 1 is 1.06 bits per heavy atom. The Bertz CT molecular complexity index is 462. The summed E-state index contributed by atoms with van der Waals surface area (Å²) in [6.45, 7) is 4.57. The largest absolute Gasteiger partial charge is 0.126 e. The average Bonchev–Trinajstić information content (AvgIpc) is 2.35. The van der Waals surface area contributed by atoms with E-state index in [1.54, 1.807) is 0 Å². The molecular weight excluding hydrogens is 212 g/mol. The van der Waals surface area contributed by atoms with Crippen LogP contribution in [0.15, 0.2) is 47.4 Å². The molecule has 0 saturated carbocycles. The summed E-state index contributed by atoms with van der Waals surface area (Å²) in [5, 5.41) is 2.67. The molecule has 0 fully saturated rings. The Morgan fingerprint density at radius 3 is 2.56 bits per heavy atom. The first-order valence-corrected chi connectivity index (χ1v) is 6.89. The van der Waals surface area contributed by atoms with Crippen molar-refractivity contribution in [1.29, 1.82) is 0 Å². The van der Waals surface area contributed by atoms with Gasteiger partial charge >= 0.3 is 0 Å². The van der Waals surface area contributed by atoms with Gasteiger partial charge in [-0.05, 0) is 28.8 Å². The van der Waals surface area contributed by atoms with Gasteiger partial charge in [0.1, 0.15) is 0 Å². The molecule has 1 heteroatoms. The van der Waals surface area contributed by atoms with E-state index in [0.29, 0.717) is 0 Å². The Labute approximate surface area is 102 Å². The summed E-state index contributed by atoms with van der Waals surface area (Å²) in [6, 6.07) is 15.3. The van der Waals surface area contributed by atoms with E-state index < -0.39 is 0 Å². The lowest BCUT2D eigenvalue weighted by Crippen LogP contribution is -1.94. The minimum Gasteiger partial charge on any atom is -0.126 e. The molecule has 2 aromatic carbocycles. The minimum atomic E-state index is 0.802. The molecule has 0 N–H and O–H groups in total. The van der Waals surface area contributed by atoms with Crippen LogP contribution in [0.3, 0.4) is 0 Å². The monoisotopic (exact) mass is 230 g/mol. The summed E-state index contributed by atoms with van der Waals surface area (Å²) in [4.78, 5) is 1.39. The molecule has 0 aromatic heterocycles. The van der Waals surface area contributed by atoms with E-state index in [4.69, 9.17) is 0 Å². The standard InChI is InChI=1S/C15H18S/c1-3-12(2)11-16-15-9-8-13-6-4-5-7-14(13)10-15/h4-10,12H,3,11H2,1-2H3. The van der Waals surface area contributed by atoms with Gasteiger partial charge in [0.25, 0.3) is 0 Å². The van der Waals surface area contributed by atoms with Crippen LogP contribution in [0.1, 0.15) is 20.3 Å². The van der Waals surface area contributed by atoms with Crippen molar-refractivity contribution in [3.63, 3.8) is 0 Å². The van der Waals surface area contributed by atoms with E-state index in [9.17, 15) is 0 Å². The van der Waals surface area contributed by atoms with E-state index in [1.807, 2.05) is 11.8 Å². The molecule has 0 heterocycles. The Balaban J connectivity index is 2.13. The van der Waals surface area contributed by atoms with E-state index in [2.05, 4.69) is 56.3 Å². The first-order valence-electron chi connectivity index (χ1n) is 5.91. The Morgan fingerprint density at radius 2 is 1.81 bits per heavy atom. The number of fused-ring (bicyclic) bond motifs is 1. The highest BCUT2D eigenvalue weighted by molar-refractivity contribution is 7.99. The van der Waals surface area contributed by atoms with E-state index in [1.165, 1.54) is 27.8 Å². The van der Waals surface area contributed by atoms with Crippen LogP contribution < -0.4 is 0 Å². The Hall–Kier alpha value is -0.950. The van der Waals surface area contributed by atoms with Gasteiger partial charge in [-0.1, -0.05) is 50.6 Å². The van der Waals surface area contributed by atoms with E-state index >= 15 is 0 Å². The molecule has 1 atom stereocenters. The number of benzene rings is 2. The number of hydrogen-bond donors (Lipinski definition) is 0. The summed E-state index contributed by atoms with van der Waals surface area (Å²) in [5.41, 5.74) is 0. The SMILES string of the molecule is CCC(C)CSc1ccc2ccccc2c1. The molecule has 0 amide bonds. The number of hydrogen-bond acceptors (Lipinski definition) is 1. The zero-order valence-electron chi connectivity index (χ0n) is 9.94. The smallest absolute Gasteiger partial charge is 0.00784 e. The molecule has 16 heavy (non-hydrogen) atoms. The maximum absolute atomic E-state index is 2.31. The lowest BCUT2D eigenvalue weighted by Gasteiger charge is -2.08. The van der Waals surface area contributed by atoms with Crippen molar-refractivity contribution in [3.05, 3.63) is 42.5 Å². The fourth-order valence-electron chi connectivity index (χ4n) is 1.61. The molecule has 0 saturated heterocycles. The third-order valence-electron chi connectivity index (χ3n) is 2.95. The first kappa shape index (κ1) is 11.5. The van der Waals surface area contributed by atoms with Gasteiger partial charge in [0, 0.05) is 10.6 Å². The van der Waals surface area contributed by atoms with Gasteiger partial charge in [-0.2, -0.15) is 0 Å². The molecule has 0 radical (unpaired) electrons. The van der Waals surface area contributed by atoms with Crippen molar-refractivity contribution < 1.29 is 0 Å². The summed E-state index contributed by atoms with van der Waals surface area (Å²) < 4.78 is 0. The summed E-state index contributed by atoms with van der Waals surface area (Å²) in [7, 11) is 0. The first-order chi connectivity index (χ1) is 7.79. The van der Waals surface area contributed by atoms with Crippen LogP contribution in [0, 0.1) is 5.92 Å². The van der Waals surface area contributed by atoms with Crippen molar-refractivity contribution in [2.24, 2.45) is 5.92 Å². The number of thioether (sulfide) groups is 1. The maximum atomic E-state index is 2.31. The highest BCUT2D eigenvalue weighted by atomic mass is 32.2. The summed E-state index contributed by atoms with van der Waals surface area (Å²) in [6.07, 6.45) is 1.26. The third-order valence-corrected chi connectivity index (χ3v) is 4.28. The number of rotatable bonds is 4. The van der Waals surface area contributed by atoms with Crippen LogP contribution in [0.4, 0.5) is 0 Å². The second-order valence-electron chi connectivity index (χ2n) is 4.33. The van der Waals surface area contributed by atoms with Crippen molar-refractivity contribution >= 4 is 22.5 Å². The highest BCUT2D eigenvalue weighted by Crippen LogP contribution is 2.25. The molecular formula is C15H18S. The van der Waals surface area contributed by atoms with Gasteiger partial charge in [-0.25, -0.2) is 0 Å². The normalized spacial score (nSPS) is 12.9. The van der Waals surface area contributed by atoms with Gasteiger partial charge in [0.15, 0.2) is 0 Å². The zero-order valence-corrected chi connectivity index (χ0v) is 10.8. The minimum absolute atomic E-state index is 0.802. The van der Waals surface area contributed by atoms with Crippen molar-refractivity contribution in [2.75, 3.05) is 5.75 Å². The van der Waals surface area contributed by atoms with Crippen LogP contribution >= 0.6 is 11.8 Å². The van der Waals surface area contributed by atoms with Gasteiger partial charge in [0.05, 0.1) is 0 Å². The van der Waals surface area contributed by atoms with E-state index in [0.717, 1.165) is 5.92 Å². The van der Waals surface area contributed by atoms with Crippen molar-refractivity contribution in [3.8, 4) is 0 Å². The molecule has 0 nitrogen and oxygen atoms in total.